The molecule has 7 atom stereocenters. The molecule has 1 saturated carbocycles. The molecule has 0 amide bonds. The van der Waals surface area contributed by atoms with Gasteiger partial charge >= 0.3 is 0 Å². The molecule has 1 aliphatic carbocycles. The molecule has 7 unspecified atom stereocenters. The third-order valence-electron chi connectivity index (χ3n) is 7.82. The molecule has 1 rings (SSSR count). The summed E-state index contributed by atoms with van der Waals surface area (Å²) in [5.41, 5.74) is 0. The third kappa shape index (κ3) is 6.91. The molecule has 0 aromatic rings. The van der Waals surface area contributed by atoms with Gasteiger partial charge in [0.05, 0.1) is 0 Å². The highest BCUT2D eigenvalue weighted by Gasteiger charge is 2.42. The standard InChI is InChI=1S/C25H50/c1-10-13-24(23(12-3)20(9)17(4)5)21(14-19(8)11-2)15-22-16-25(22)18(6)7/h17-25H,10-16H2,1-9H3. The molecule has 0 bridgehead atoms. The summed E-state index contributed by atoms with van der Waals surface area (Å²) in [7, 11) is 0. The van der Waals surface area contributed by atoms with Gasteiger partial charge in [0.15, 0.2) is 0 Å². The van der Waals surface area contributed by atoms with Gasteiger partial charge in [0.1, 0.15) is 0 Å². The van der Waals surface area contributed by atoms with Crippen LogP contribution in [0.15, 0.2) is 0 Å². The number of hydrogen-bond acceptors (Lipinski definition) is 0. The molecule has 0 aromatic heterocycles. The fourth-order valence-electron chi connectivity index (χ4n) is 5.57. The van der Waals surface area contributed by atoms with Gasteiger partial charge in [-0.3, -0.25) is 0 Å². The minimum atomic E-state index is 0.817. The van der Waals surface area contributed by atoms with E-state index in [2.05, 4.69) is 62.3 Å². The van der Waals surface area contributed by atoms with Crippen LogP contribution in [0.5, 0.6) is 0 Å². The Morgan fingerprint density at radius 3 is 1.88 bits per heavy atom. The molecule has 0 aliphatic heterocycles. The van der Waals surface area contributed by atoms with Crippen molar-refractivity contribution < 1.29 is 0 Å². The Kier molecular flexibility index (Phi) is 10.1. The molecule has 0 radical (unpaired) electrons. The maximum absolute atomic E-state index is 2.54. The van der Waals surface area contributed by atoms with Crippen LogP contribution in [0, 0.1) is 53.3 Å². The lowest BCUT2D eigenvalue weighted by atomic mass is 9.66. The van der Waals surface area contributed by atoms with Gasteiger partial charge in [0.2, 0.25) is 0 Å². The van der Waals surface area contributed by atoms with E-state index in [0.717, 1.165) is 53.3 Å². The number of rotatable bonds is 13. The van der Waals surface area contributed by atoms with Crippen molar-refractivity contribution in [1.82, 2.24) is 0 Å². The van der Waals surface area contributed by atoms with Gasteiger partial charge in [0.25, 0.3) is 0 Å². The summed E-state index contributed by atoms with van der Waals surface area (Å²) in [5.74, 6) is 8.39. The van der Waals surface area contributed by atoms with Gasteiger partial charge < -0.3 is 0 Å². The van der Waals surface area contributed by atoms with Gasteiger partial charge in [-0.1, -0.05) is 88.0 Å². The Labute approximate surface area is 160 Å². The molecule has 1 fully saturated rings. The van der Waals surface area contributed by atoms with Crippen molar-refractivity contribution in [3.8, 4) is 0 Å². The first-order chi connectivity index (χ1) is 11.8. The first kappa shape index (κ1) is 23.0. The van der Waals surface area contributed by atoms with Crippen LogP contribution in [0.3, 0.4) is 0 Å². The van der Waals surface area contributed by atoms with Gasteiger partial charge in [0, 0.05) is 0 Å². The van der Waals surface area contributed by atoms with Gasteiger partial charge in [-0.2, -0.15) is 0 Å². The molecule has 0 N–H and O–H groups in total. The Hall–Kier alpha value is 0. The Balaban J connectivity index is 2.94. The van der Waals surface area contributed by atoms with Crippen molar-refractivity contribution in [1.29, 1.82) is 0 Å². The van der Waals surface area contributed by atoms with Crippen molar-refractivity contribution in [2.45, 2.75) is 107 Å². The second-order valence-electron chi connectivity index (χ2n) is 10.3. The van der Waals surface area contributed by atoms with Crippen molar-refractivity contribution in [2.75, 3.05) is 0 Å². The predicted molar refractivity (Wildman–Crippen MR) is 115 cm³/mol. The van der Waals surface area contributed by atoms with Crippen LogP contribution in [0.25, 0.3) is 0 Å². The Morgan fingerprint density at radius 2 is 1.48 bits per heavy atom. The van der Waals surface area contributed by atoms with E-state index < -0.39 is 0 Å². The Bertz CT molecular complexity index is 342. The monoisotopic (exact) mass is 350 g/mol. The second kappa shape index (κ2) is 11.0. The SMILES string of the molecule is CCCC(C(CC(C)CC)CC1CC1C(C)C)C(CC)C(C)C(C)C. The van der Waals surface area contributed by atoms with E-state index in [-0.39, 0.29) is 0 Å². The fourth-order valence-corrected chi connectivity index (χ4v) is 5.57. The molecular weight excluding hydrogens is 300 g/mol. The van der Waals surface area contributed by atoms with Gasteiger partial charge in [-0.25, -0.2) is 0 Å². The minimum absolute atomic E-state index is 0.817. The topological polar surface area (TPSA) is 0 Å². The molecule has 25 heavy (non-hydrogen) atoms. The van der Waals surface area contributed by atoms with E-state index in [4.69, 9.17) is 0 Å². The maximum atomic E-state index is 2.54. The molecule has 1 aliphatic rings. The summed E-state index contributed by atoms with van der Waals surface area (Å²) >= 11 is 0. The Morgan fingerprint density at radius 1 is 0.840 bits per heavy atom. The zero-order valence-electron chi connectivity index (χ0n) is 19.1. The zero-order valence-corrected chi connectivity index (χ0v) is 19.1. The van der Waals surface area contributed by atoms with E-state index in [1.54, 1.807) is 0 Å². The molecule has 0 heterocycles. The van der Waals surface area contributed by atoms with Crippen molar-refractivity contribution in [3.63, 3.8) is 0 Å². The van der Waals surface area contributed by atoms with Crippen LogP contribution < -0.4 is 0 Å². The normalized spacial score (nSPS) is 26.5. The highest BCUT2D eigenvalue weighted by molar-refractivity contribution is 4.92. The molecule has 150 valence electrons. The van der Waals surface area contributed by atoms with Crippen LogP contribution >= 0.6 is 0 Å². The van der Waals surface area contributed by atoms with E-state index in [1.165, 1.54) is 44.9 Å². The van der Waals surface area contributed by atoms with Crippen LogP contribution in [0.2, 0.25) is 0 Å². The summed E-state index contributed by atoms with van der Waals surface area (Å²) in [6.07, 6.45) is 10.1. The van der Waals surface area contributed by atoms with Crippen molar-refractivity contribution in [3.05, 3.63) is 0 Å². The van der Waals surface area contributed by atoms with Gasteiger partial charge in [-0.05, 0) is 72.5 Å². The van der Waals surface area contributed by atoms with Crippen LogP contribution in [-0.4, -0.2) is 0 Å². The molecule has 0 nitrogen and oxygen atoms in total. The highest BCUT2D eigenvalue weighted by Crippen LogP contribution is 2.51. The molecule has 0 spiro atoms. The van der Waals surface area contributed by atoms with Crippen LogP contribution in [-0.2, 0) is 0 Å². The summed E-state index contributed by atoms with van der Waals surface area (Å²) < 4.78 is 0. The summed E-state index contributed by atoms with van der Waals surface area (Å²) in [6.45, 7) is 22.0. The van der Waals surface area contributed by atoms with E-state index in [1.807, 2.05) is 0 Å². The molecule has 0 heteroatoms. The fraction of sp³-hybridized carbons (Fsp3) is 1.00. The number of hydrogen-bond donors (Lipinski definition) is 0. The van der Waals surface area contributed by atoms with E-state index >= 15 is 0 Å². The van der Waals surface area contributed by atoms with E-state index in [9.17, 15) is 0 Å². The lowest BCUT2D eigenvalue weighted by molar-refractivity contribution is 0.0999. The second-order valence-corrected chi connectivity index (χ2v) is 10.3. The first-order valence-electron chi connectivity index (χ1n) is 11.8. The maximum Gasteiger partial charge on any atom is -0.0355 e. The van der Waals surface area contributed by atoms with Crippen LogP contribution in [0.4, 0.5) is 0 Å². The average Bonchev–Trinajstić information content (AvgIpc) is 3.33. The quantitative estimate of drug-likeness (QED) is 0.312. The highest BCUT2D eigenvalue weighted by atomic mass is 14.5. The third-order valence-corrected chi connectivity index (χ3v) is 7.82. The molecular formula is C25H50. The minimum Gasteiger partial charge on any atom is -0.0654 e. The zero-order chi connectivity index (χ0) is 19.1. The lowest BCUT2D eigenvalue weighted by Gasteiger charge is -2.39. The lowest BCUT2D eigenvalue weighted by Crippen LogP contribution is -2.31. The average molecular weight is 351 g/mol. The largest absolute Gasteiger partial charge is 0.0654 e. The molecule has 0 aromatic carbocycles. The van der Waals surface area contributed by atoms with Crippen molar-refractivity contribution >= 4 is 0 Å². The summed E-state index contributed by atoms with van der Waals surface area (Å²) in [5, 5.41) is 0. The van der Waals surface area contributed by atoms with E-state index in [0.29, 0.717) is 0 Å². The predicted octanol–water partition coefficient (Wildman–Crippen LogP) is 8.46. The molecule has 0 saturated heterocycles. The summed E-state index contributed by atoms with van der Waals surface area (Å²) in [6, 6.07) is 0. The smallest absolute Gasteiger partial charge is 0.0355 e. The van der Waals surface area contributed by atoms with Crippen molar-refractivity contribution in [2.24, 2.45) is 53.3 Å². The summed E-state index contributed by atoms with van der Waals surface area (Å²) in [4.78, 5) is 0. The first-order valence-corrected chi connectivity index (χ1v) is 11.8. The van der Waals surface area contributed by atoms with Gasteiger partial charge in [-0.15, -0.1) is 0 Å². The van der Waals surface area contributed by atoms with Crippen LogP contribution in [0.1, 0.15) is 107 Å².